The van der Waals surface area contributed by atoms with Gasteiger partial charge in [0.1, 0.15) is 0 Å². The van der Waals surface area contributed by atoms with E-state index in [1.54, 1.807) is 11.4 Å². The van der Waals surface area contributed by atoms with Crippen LogP contribution in [-0.4, -0.2) is 24.9 Å². The van der Waals surface area contributed by atoms with Gasteiger partial charge in [0.15, 0.2) is 17.3 Å². The Morgan fingerprint density at radius 1 is 1.26 bits per heavy atom. The van der Waals surface area contributed by atoms with Crippen molar-refractivity contribution < 1.29 is 19.1 Å². The van der Waals surface area contributed by atoms with Crippen molar-refractivity contribution in [3.8, 4) is 11.5 Å². The van der Waals surface area contributed by atoms with E-state index in [-0.39, 0.29) is 11.7 Å². The normalized spacial score (nSPS) is 13.3. The maximum atomic E-state index is 12.2. The Kier molecular flexibility index (Phi) is 4.62. The average molecular weight is 331 g/mol. The highest BCUT2D eigenvalue weighted by atomic mass is 32.1. The molecule has 0 radical (unpaired) electrons. The summed E-state index contributed by atoms with van der Waals surface area (Å²) in [7, 11) is 0. The molecule has 2 aromatic rings. The Morgan fingerprint density at radius 2 is 2.09 bits per heavy atom. The van der Waals surface area contributed by atoms with E-state index in [1.807, 2.05) is 18.2 Å². The summed E-state index contributed by atoms with van der Waals surface area (Å²) in [6.45, 7) is 3.07. The second-order valence-corrected chi connectivity index (χ2v) is 6.14. The first-order chi connectivity index (χ1) is 11.1. The van der Waals surface area contributed by atoms with Gasteiger partial charge in [-0.25, -0.2) is 0 Å². The first-order valence-corrected chi connectivity index (χ1v) is 8.28. The predicted octanol–water partition coefficient (Wildman–Crippen LogP) is 3.04. The van der Waals surface area contributed by atoms with Crippen molar-refractivity contribution in [2.75, 3.05) is 13.2 Å². The van der Waals surface area contributed by atoms with Crippen LogP contribution in [0.5, 0.6) is 11.5 Å². The number of fused-ring (bicyclic) bond motifs is 1. The van der Waals surface area contributed by atoms with Crippen LogP contribution in [0.15, 0.2) is 29.6 Å². The third-order valence-electron chi connectivity index (χ3n) is 3.52. The molecule has 5 nitrogen and oxygen atoms in total. The van der Waals surface area contributed by atoms with Gasteiger partial charge >= 0.3 is 0 Å². The van der Waals surface area contributed by atoms with E-state index >= 15 is 0 Å². The fourth-order valence-corrected chi connectivity index (χ4v) is 3.16. The molecule has 0 saturated heterocycles. The molecule has 1 amide bonds. The molecule has 6 heteroatoms. The van der Waals surface area contributed by atoms with Crippen molar-refractivity contribution in [1.82, 2.24) is 5.32 Å². The van der Waals surface area contributed by atoms with Gasteiger partial charge in [-0.1, -0.05) is 12.1 Å². The first-order valence-electron chi connectivity index (χ1n) is 7.40. The molecule has 1 aliphatic rings. The number of amides is 1. The van der Waals surface area contributed by atoms with E-state index in [9.17, 15) is 9.59 Å². The van der Waals surface area contributed by atoms with Crippen LogP contribution in [-0.2, 0) is 6.54 Å². The van der Waals surface area contributed by atoms with Crippen molar-refractivity contribution in [2.24, 2.45) is 0 Å². The summed E-state index contributed by atoms with van der Waals surface area (Å²) in [6.07, 6.45) is 0.837. The van der Waals surface area contributed by atoms with Crippen LogP contribution >= 0.6 is 11.3 Å². The minimum Gasteiger partial charge on any atom is -0.490 e. The van der Waals surface area contributed by atoms with Crippen LogP contribution in [0.1, 0.15) is 38.9 Å². The summed E-state index contributed by atoms with van der Waals surface area (Å²) in [4.78, 5) is 24.0. The Morgan fingerprint density at radius 3 is 2.87 bits per heavy atom. The number of benzene rings is 1. The molecular weight excluding hydrogens is 314 g/mol. The summed E-state index contributed by atoms with van der Waals surface area (Å²) in [5, 5.41) is 4.56. The van der Waals surface area contributed by atoms with Crippen LogP contribution in [0.2, 0.25) is 0 Å². The van der Waals surface area contributed by atoms with Gasteiger partial charge in [0.2, 0.25) is 0 Å². The number of hydrogen-bond donors (Lipinski definition) is 1. The molecule has 2 heterocycles. The van der Waals surface area contributed by atoms with Gasteiger partial charge < -0.3 is 14.8 Å². The molecule has 0 atom stereocenters. The number of carbonyl (C=O) groups is 2. The number of thiophene rings is 1. The molecule has 23 heavy (non-hydrogen) atoms. The fourth-order valence-electron chi connectivity index (χ4n) is 2.30. The van der Waals surface area contributed by atoms with Crippen LogP contribution in [0.25, 0.3) is 0 Å². The molecule has 0 unspecified atom stereocenters. The highest BCUT2D eigenvalue weighted by molar-refractivity contribution is 7.12. The fraction of sp³-hybridized carbons (Fsp3) is 0.294. The second kappa shape index (κ2) is 6.83. The van der Waals surface area contributed by atoms with Gasteiger partial charge in [-0.15, -0.1) is 11.3 Å². The van der Waals surface area contributed by atoms with E-state index in [4.69, 9.17) is 9.47 Å². The number of hydrogen-bond acceptors (Lipinski definition) is 5. The number of ketones is 1. The molecule has 1 aliphatic heterocycles. The molecule has 120 valence electrons. The van der Waals surface area contributed by atoms with Crippen molar-refractivity contribution in [3.63, 3.8) is 0 Å². The topological polar surface area (TPSA) is 64.6 Å². The number of nitrogens with one attached hydrogen (secondary N) is 1. The molecule has 0 saturated carbocycles. The molecular formula is C17H17NO4S. The molecule has 1 N–H and O–H groups in total. The summed E-state index contributed by atoms with van der Waals surface area (Å²) < 4.78 is 11.4. The van der Waals surface area contributed by atoms with Crippen molar-refractivity contribution >= 4 is 23.0 Å². The number of carbonyl (C=O) groups excluding carboxylic acids is 2. The molecule has 0 aliphatic carbocycles. The lowest BCUT2D eigenvalue weighted by atomic mass is 10.2. The van der Waals surface area contributed by atoms with Gasteiger partial charge in [-0.3, -0.25) is 9.59 Å². The first kappa shape index (κ1) is 15.6. The lowest BCUT2D eigenvalue weighted by molar-refractivity contribution is 0.0954. The lowest BCUT2D eigenvalue weighted by Crippen LogP contribution is -2.22. The van der Waals surface area contributed by atoms with Gasteiger partial charge in [-0.2, -0.15) is 0 Å². The van der Waals surface area contributed by atoms with Crippen LogP contribution < -0.4 is 14.8 Å². The summed E-state index contributed by atoms with van der Waals surface area (Å²) in [5.74, 6) is 1.17. The van der Waals surface area contributed by atoms with Gasteiger partial charge in [0, 0.05) is 29.5 Å². The van der Waals surface area contributed by atoms with E-state index < -0.39 is 0 Å². The average Bonchev–Trinajstić information content (AvgIpc) is 2.92. The maximum Gasteiger partial charge on any atom is 0.261 e. The number of rotatable bonds is 4. The molecule has 0 bridgehead atoms. The number of ether oxygens (including phenoxy) is 2. The number of Topliss-reactive ketones (excluding diaryl/α,β-unsaturated/α-hetero) is 1. The van der Waals surface area contributed by atoms with Gasteiger partial charge in [0.05, 0.1) is 18.1 Å². The Bertz CT molecular complexity index is 738. The Labute approximate surface area is 138 Å². The zero-order valence-electron chi connectivity index (χ0n) is 12.8. The third kappa shape index (κ3) is 3.53. The Balaban J connectivity index is 1.70. The third-order valence-corrected chi connectivity index (χ3v) is 4.45. The van der Waals surface area contributed by atoms with Crippen molar-refractivity contribution in [1.29, 1.82) is 0 Å². The SMILES string of the molecule is CC(=O)c1csc(C(=O)NCc2cccc3c2OCCCO3)c1. The quantitative estimate of drug-likeness (QED) is 0.875. The Hall–Kier alpha value is -2.34. The summed E-state index contributed by atoms with van der Waals surface area (Å²) in [6, 6.07) is 7.27. The van der Waals surface area contributed by atoms with E-state index in [0.29, 0.717) is 41.7 Å². The van der Waals surface area contributed by atoms with Gasteiger partial charge in [0.25, 0.3) is 5.91 Å². The molecule has 1 aromatic carbocycles. The zero-order valence-corrected chi connectivity index (χ0v) is 13.6. The minimum absolute atomic E-state index is 0.0424. The van der Waals surface area contributed by atoms with Crippen molar-refractivity contribution in [3.05, 3.63) is 45.6 Å². The summed E-state index contributed by atoms with van der Waals surface area (Å²) >= 11 is 1.26. The minimum atomic E-state index is -0.199. The molecule has 0 spiro atoms. The monoisotopic (exact) mass is 331 g/mol. The second-order valence-electron chi connectivity index (χ2n) is 5.23. The lowest BCUT2D eigenvalue weighted by Gasteiger charge is -2.12. The number of para-hydroxylation sites is 1. The zero-order chi connectivity index (χ0) is 16.2. The highest BCUT2D eigenvalue weighted by Gasteiger charge is 2.16. The van der Waals surface area contributed by atoms with Crippen LogP contribution in [0, 0.1) is 0 Å². The smallest absolute Gasteiger partial charge is 0.261 e. The van der Waals surface area contributed by atoms with Crippen molar-refractivity contribution in [2.45, 2.75) is 19.9 Å². The highest BCUT2D eigenvalue weighted by Crippen LogP contribution is 2.33. The summed E-state index contributed by atoms with van der Waals surface area (Å²) in [5.41, 5.74) is 1.44. The van der Waals surface area contributed by atoms with E-state index in [0.717, 1.165) is 12.0 Å². The molecule has 0 fully saturated rings. The van der Waals surface area contributed by atoms with Gasteiger partial charge in [-0.05, 0) is 19.1 Å². The maximum absolute atomic E-state index is 12.2. The largest absolute Gasteiger partial charge is 0.490 e. The standard InChI is InChI=1S/C17H17NO4S/c1-11(19)13-8-15(23-10-13)17(20)18-9-12-4-2-5-14-16(12)22-7-3-6-21-14/h2,4-5,8,10H,3,6-7,9H2,1H3,(H,18,20). The van der Waals surface area contributed by atoms with E-state index in [1.165, 1.54) is 18.3 Å². The van der Waals surface area contributed by atoms with Crippen LogP contribution in [0.4, 0.5) is 0 Å². The predicted molar refractivity (Wildman–Crippen MR) is 87.5 cm³/mol. The van der Waals surface area contributed by atoms with Crippen LogP contribution in [0.3, 0.4) is 0 Å². The molecule has 3 rings (SSSR count). The van der Waals surface area contributed by atoms with E-state index in [2.05, 4.69) is 5.32 Å². The molecule has 1 aromatic heterocycles.